The Morgan fingerprint density at radius 3 is 3.00 bits per heavy atom. The molecular formula is C8H13NO2S. The maximum Gasteiger partial charge on any atom is 0.164 e. The van der Waals surface area contributed by atoms with Crippen LogP contribution in [0.25, 0.3) is 0 Å². The molecule has 1 fully saturated rings. The topological polar surface area (TPSA) is 53.2 Å². The molecule has 0 amide bonds. The van der Waals surface area contributed by atoms with E-state index in [4.69, 9.17) is 15.1 Å². The maximum atomic E-state index is 8.89. The molecule has 0 saturated carbocycles. The van der Waals surface area contributed by atoms with Crippen LogP contribution in [0.3, 0.4) is 0 Å². The Balaban J connectivity index is 2.48. The number of hydrogen-bond donors (Lipinski definition) is 1. The smallest absolute Gasteiger partial charge is 0.164 e. The molecule has 1 saturated heterocycles. The van der Waals surface area contributed by atoms with Gasteiger partial charge in [0.05, 0.1) is 19.3 Å². The molecule has 1 heterocycles. The van der Waals surface area contributed by atoms with Crippen molar-refractivity contribution in [3.63, 3.8) is 0 Å². The van der Waals surface area contributed by atoms with Crippen LogP contribution >= 0.6 is 11.8 Å². The van der Waals surface area contributed by atoms with E-state index in [1.165, 1.54) is 0 Å². The van der Waals surface area contributed by atoms with Gasteiger partial charge < -0.3 is 9.84 Å². The van der Waals surface area contributed by atoms with E-state index in [9.17, 15) is 0 Å². The summed E-state index contributed by atoms with van der Waals surface area (Å²) in [5.41, 5.74) is -0.632. The first-order chi connectivity index (χ1) is 5.72. The Kier molecular flexibility index (Phi) is 3.39. The van der Waals surface area contributed by atoms with Crippen LogP contribution < -0.4 is 0 Å². The summed E-state index contributed by atoms with van der Waals surface area (Å²) in [5.74, 6) is 0.727. The third-order valence-electron chi connectivity index (χ3n) is 1.89. The summed E-state index contributed by atoms with van der Waals surface area (Å²) in [6.45, 7) is 2.34. The molecule has 0 aromatic carbocycles. The minimum Gasteiger partial charge on any atom is -0.394 e. The minimum atomic E-state index is -0.632. The lowest BCUT2D eigenvalue weighted by Crippen LogP contribution is -2.32. The summed E-state index contributed by atoms with van der Waals surface area (Å²) in [4.78, 5) is 0. The maximum absolute atomic E-state index is 8.89. The fraction of sp³-hybridized carbons (Fsp3) is 0.875. The van der Waals surface area contributed by atoms with Gasteiger partial charge in [-0.25, -0.2) is 0 Å². The highest BCUT2D eigenvalue weighted by Gasteiger charge is 2.39. The van der Waals surface area contributed by atoms with Crippen LogP contribution in [0.2, 0.25) is 0 Å². The summed E-state index contributed by atoms with van der Waals surface area (Å²) < 4.78 is 5.33. The van der Waals surface area contributed by atoms with Crippen molar-refractivity contribution in [2.75, 3.05) is 19.0 Å². The van der Waals surface area contributed by atoms with Crippen molar-refractivity contribution in [2.24, 2.45) is 0 Å². The Morgan fingerprint density at radius 1 is 1.83 bits per heavy atom. The standard InChI is InChI=1S/C8H13NO2S/c1-7-4-8(5-9,6-12-7)11-3-2-10/h7,10H,2-4,6H2,1H3. The molecule has 0 aromatic heterocycles. The second kappa shape index (κ2) is 4.13. The molecular weight excluding hydrogens is 174 g/mol. The quantitative estimate of drug-likeness (QED) is 0.709. The second-order valence-electron chi connectivity index (χ2n) is 3.00. The fourth-order valence-corrected chi connectivity index (χ4v) is 2.52. The number of thioether (sulfide) groups is 1. The third kappa shape index (κ3) is 2.13. The SMILES string of the molecule is CC1CC(C#N)(OCCO)CS1. The van der Waals surface area contributed by atoms with Gasteiger partial charge in [0.2, 0.25) is 0 Å². The molecule has 0 spiro atoms. The van der Waals surface area contributed by atoms with Gasteiger partial charge in [-0.2, -0.15) is 17.0 Å². The Hall–Kier alpha value is -0.240. The van der Waals surface area contributed by atoms with E-state index in [0.29, 0.717) is 5.25 Å². The number of aliphatic hydroxyl groups is 1. The van der Waals surface area contributed by atoms with Gasteiger partial charge in [-0.15, -0.1) is 0 Å². The van der Waals surface area contributed by atoms with Crippen molar-refractivity contribution >= 4 is 11.8 Å². The number of nitriles is 1. The fourth-order valence-electron chi connectivity index (χ4n) is 1.31. The lowest BCUT2D eigenvalue weighted by Gasteiger charge is -2.19. The minimum absolute atomic E-state index is 0.0114. The molecule has 0 radical (unpaired) electrons. The van der Waals surface area contributed by atoms with Crippen molar-refractivity contribution in [3.05, 3.63) is 0 Å². The van der Waals surface area contributed by atoms with E-state index in [-0.39, 0.29) is 13.2 Å². The van der Waals surface area contributed by atoms with E-state index in [2.05, 4.69) is 13.0 Å². The van der Waals surface area contributed by atoms with Crippen LogP contribution in [-0.2, 0) is 4.74 Å². The van der Waals surface area contributed by atoms with Gasteiger partial charge in [-0.1, -0.05) is 6.92 Å². The summed E-state index contributed by atoms with van der Waals surface area (Å²) in [6, 6.07) is 2.19. The van der Waals surface area contributed by atoms with Gasteiger partial charge >= 0.3 is 0 Å². The largest absolute Gasteiger partial charge is 0.394 e. The molecule has 1 N–H and O–H groups in total. The molecule has 2 unspecified atom stereocenters. The normalized spacial score (nSPS) is 34.9. The zero-order valence-corrected chi connectivity index (χ0v) is 7.93. The molecule has 12 heavy (non-hydrogen) atoms. The zero-order valence-electron chi connectivity index (χ0n) is 7.12. The average Bonchev–Trinajstić information content (AvgIpc) is 2.45. The van der Waals surface area contributed by atoms with Crippen molar-refractivity contribution in [3.8, 4) is 6.07 Å². The van der Waals surface area contributed by atoms with Gasteiger partial charge in [0.15, 0.2) is 5.60 Å². The van der Waals surface area contributed by atoms with E-state index >= 15 is 0 Å². The summed E-state index contributed by atoms with van der Waals surface area (Å²) in [5, 5.41) is 17.9. The Bertz CT molecular complexity index is 192. The molecule has 2 atom stereocenters. The zero-order chi connectivity index (χ0) is 9.03. The lowest BCUT2D eigenvalue weighted by atomic mass is 10.0. The summed E-state index contributed by atoms with van der Waals surface area (Å²) in [7, 11) is 0. The van der Waals surface area contributed by atoms with Gasteiger partial charge in [-0.3, -0.25) is 0 Å². The molecule has 0 aromatic rings. The Labute approximate surface area is 76.7 Å². The highest BCUT2D eigenvalue weighted by Crippen LogP contribution is 2.36. The van der Waals surface area contributed by atoms with Crippen LogP contribution in [0, 0.1) is 11.3 Å². The molecule has 1 rings (SSSR count). The molecule has 0 aliphatic carbocycles. The summed E-state index contributed by atoms with van der Waals surface area (Å²) in [6.07, 6.45) is 0.772. The van der Waals surface area contributed by atoms with E-state index in [1.54, 1.807) is 11.8 Å². The molecule has 0 bridgehead atoms. The first-order valence-corrected chi connectivity index (χ1v) is 5.05. The average molecular weight is 187 g/mol. The van der Waals surface area contributed by atoms with Crippen LogP contribution in [0.1, 0.15) is 13.3 Å². The van der Waals surface area contributed by atoms with Gasteiger partial charge in [0.1, 0.15) is 0 Å². The number of rotatable bonds is 3. The monoisotopic (exact) mass is 187 g/mol. The molecule has 1 aliphatic heterocycles. The van der Waals surface area contributed by atoms with Crippen molar-refractivity contribution < 1.29 is 9.84 Å². The lowest BCUT2D eigenvalue weighted by molar-refractivity contribution is -0.00457. The van der Waals surface area contributed by atoms with Crippen molar-refractivity contribution in [1.29, 1.82) is 5.26 Å². The Morgan fingerprint density at radius 2 is 2.58 bits per heavy atom. The predicted molar refractivity (Wildman–Crippen MR) is 47.9 cm³/mol. The van der Waals surface area contributed by atoms with E-state index < -0.39 is 5.60 Å². The number of nitrogens with zero attached hydrogens (tertiary/aromatic N) is 1. The molecule has 4 heteroatoms. The molecule has 68 valence electrons. The van der Waals surface area contributed by atoms with Crippen molar-refractivity contribution in [1.82, 2.24) is 0 Å². The summed E-state index contributed by atoms with van der Waals surface area (Å²) >= 11 is 1.75. The first-order valence-electron chi connectivity index (χ1n) is 4.00. The van der Waals surface area contributed by atoms with E-state index in [0.717, 1.165) is 12.2 Å². The number of hydrogen-bond acceptors (Lipinski definition) is 4. The van der Waals surface area contributed by atoms with Crippen LogP contribution in [-0.4, -0.2) is 34.9 Å². The van der Waals surface area contributed by atoms with Crippen LogP contribution in [0.15, 0.2) is 0 Å². The predicted octanol–water partition coefficient (Wildman–Crippen LogP) is 0.783. The van der Waals surface area contributed by atoms with Crippen LogP contribution in [0.4, 0.5) is 0 Å². The highest BCUT2D eigenvalue weighted by molar-refractivity contribution is 8.00. The van der Waals surface area contributed by atoms with E-state index in [1.807, 2.05) is 0 Å². The number of aliphatic hydroxyl groups excluding tert-OH is 1. The molecule has 3 nitrogen and oxygen atoms in total. The van der Waals surface area contributed by atoms with Gasteiger partial charge in [0.25, 0.3) is 0 Å². The highest BCUT2D eigenvalue weighted by atomic mass is 32.2. The van der Waals surface area contributed by atoms with Gasteiger partial charge in [0, 0.05) is 17.4 Å². The first kappa shape index (κ1) is 9.85. The van der Waals surface area contributed by atoms with Gasteiger partial charge in [-0.05, 0) is 0 Å². The third-order valence-corrected chi connectivity index (χ3v) is 3.26. The second-order valence-corrected chi connectivity index (χ2v) is 4.43. The van der Waals surface area contributed by atoms with Crippen LogP contribution in [0.5, 0.6) is 0 Å². The van der Waals surface area contributed by atoms with Crippen molar-refractivity contribution in [2.45, 2.75) is 24.2 Å². The number of ether oxygens (including phenoxy) is 1. The molecule has 1 aliphatic rings.